The summed E-state index contributed by atoms with van der Waals surface area (Å²) in [6.45, 7) is 3.91. The number of methoxy groups -OCH3 is 3. The molecular weight excluding hydrogens is 432 g/mol. The first-order chi connectivity index (χ1) is 16.4. The third-order valence-corrected chi connectivity index (χ3v) is 5.70. The molecule has 1 aliphatic rings. The molecule has 0 saturated heterocycles. The number of hydrogen-bond acceptors (Lipinski definition) is 6. The molecule has 1 aliphatic heterocycles. The number of anilines is 2. The van der Waals surface area contributed by atoms with E-state index in [2.05, 4.69) is 5.32 Å². The predicted molar refractivity (Wildman–Crippen MR) is 131 cm³/mol. The maximum Gasteiger partial charge on any atom is 0.282 e. The molecule has 174 valence electrons. The highest BCUT2D eigenvalue weighted by Gasteiger charge is 2.41. The van der Waals surface area contributed by atoms with Gasteiger partial charge >= 0.3 is 0 Å². The molecule has 4 rings (SSSR count). The Morgan fingerprint density at radius 2 is 1.53 bits per heavy atom. The molecule has 7 nitrogen and oxygen atoms in total. The molecule has 0 spiro atoms. The highest BCUT2D eigenvalue weighted by Crippen LogP contribution is 2.37. The average molecular weight is 459 g/mol. The highest BCUT2D eigenvalue weighted by molar-refractivity contribution is 6.46. The normalized spacial score (nSPS) is 13.4. The minimum absolute atomic E-state index is 0.187. The zero-order valence-corrected chi connectivity index (χ0v) is 19.8. The molecule has 0 aromatic heterocycles. The van der Waals surface area contributed by atoms with E-state index in [-0.39, 0.29) is 5.70 Å². The zero-order valence-electron chi connectivity index (χ0n) is 19.8. The lowest BCUT2D eigenvalue weighted by molar-refractivity contribution is -0.120. The summed E-state index contributed by atoms with van der Waals surface area (Å²) in [4.78, 5) is 28.5. The molecule has 0 radical (unpaired) electrons. The lowest BCUT2D eigenvalue weighted by Gasteiger charge is -2.16. The van der Waals surface area contributed by atoms with E-state index >= 15 is 0 Å². The number of aryl methyl sites for hydroxylation is 2. The quantitative estimate of drug-likeness (QED) is 0.516. The Balaban J connectivity index is 1.85. The number of nitrogens with zero attached hydrogens (tertiary/aromatic N) is 1. The number of imide groups is 1. The van der Waals surface area contributed by atoms with Crippen LogP contribution in [0, 0.1) is 13.8 Å². The molecule has 3 aromatic rings. The summed E-state index contributed by atoms with van der Waals surface area (Å²) in [6.07, 6.45) is 0. The van der Waals surface area contributed by atoms with Gasteiger partial charge in [0.05, 0.1) is 32.6 Å². The maximum atomic E-state index is 13.7. The van der Waals surface area contributed by atoms with Crippen molar-refractivity contribution in [2.24, 2.45) is 0 Å². The molecule has 2 amide bonds. The number of ether oxygens (including phenoxy) is 3. The van der Waals surface area contributed by atoms with Crippen LogP contribution in [-0.4, -0.2) is 33.1 Å². The SMILES string of the molecule is COc1cccc(N2C(=O)C(Nc3ccc(OC)c(OC)c3)=C(c3ccc(C)cc3C)C2=O)c1. The van der Waals surface area contributed by atoms with Crippen molar-refractivity contribution in [2.75, 3.05) is 31.5 Å². The molecule has 0 fully saturated rings. The van der Waals surface area contributed by atoms with Crippen LogP contribution in [0.4, 0.5) is 11.4 Å². The van der Waals surface area contributed by atoms with E-state index in [1.807, 2.05) is 32.0 Å². The van der Waals surface area contributed by atoms with Gasteiger partial charge in [0.15, 0.2) is 11.5 Å². The van der Waals surface area contributed by atoms with Crippen molar-refractivity contribution in [3.05, 3.63) is 83.1 Å². The predicted octanol–water partition coefficient (Wildman–Crippen LogP) is 4.73. The third kappa shape index (κ3) is 4.08. The summed E-state index contributed by atoms with van der Waals surface area (Å²) in [5, 5.41) is 3.17. The molecule has 0 atom stereocenters. The minimum atomic E-state index is -0.456. The number of amides is 2. The second kappa shape index (κ2) is 9.31. The van der Waals surface area contributed by atoms with Crippen LogP contribution in [0.2, 0.25) is 0 Å². The van der Waals surface area contributed by atoms with E-state index in [1.165, 1.54) is 19.1 Å². The number of carbonyl (C=O) groups excluding carboxylic acids is 2. The summed E-state index contributed by atoms with van der Waals surface area (Å²) in [5.74, 6) is 0.745. The lowest BCUT2D eigenvalue weighted by atomic mass is 9.97. The van der Waals surface area contributed by atoms with E-state index in [9.17, 15) is 9.59 Å². The molecule has 0 saturated carbocycles. The van der Waals surface area contributed by atoms with E-state index in [0.717, 1.165) is 11.1 Å². The average Bonchev–Trinajstić information content (AvgIpc) is 3.08. The first-order valence-corrected chi connectivity index (χ1v) is 10.7. The van der Waals surface area contributed by atoms with E-state index in [4.69, 9.17) is 14.2 Å². The Hall–Kier alpha value is -4.26. The van der Waals surface area contributed by atoms with Crippen LogP contribution in [0.3, 0.4) is 0 Å². The minimum Gasteiger partial charge on any atom is -0.497 e. The van der Waals surface area contributed by atoms with Gasteiger partial charge in [-0.1, -0.05) is 29.8 Å². The molecule has 0 unspecified atom stereocenters. The van der Waals surface area contributed by atoms with Gasteiger partial charge in [-0.25, -0.2) is 4.90 Å². The molecule has 0 aliphatic carbocycles. The van der Waals surface area contributed by atoms with Gasteiger partial charge in [0, 0.05) is 17.8 Å². The Bertz CT molecular complexity index is 1310. The summed E-state index contributed by atoms with van der Waals surface area (Å²) in [7, 11) is 4.63. The smallest absolute Gasteiger partial charge is 0.282 e. The topological polar surface area (TPSA) is 77.1 Å². The number of carbonyl (C=O) groups is 2. The van der Waals surface area contributed by atoms with E-state index < -0.39 is 11.8 Å². The van der Waals surface area contributed by atoms with Crippen LogP contribution >= 0.6 is 0 Å². The summed E-state index contributed by atoms with van der Waals surface area (Å²) < 4.78 is 16.0. The Kier molecular flexibility index (Phi) is 6.27. The monoisotopic (exact) mass is 458 g/mol. The van der Waals surface area contributed by atoms with Gasteiger partial charge in [0.25, 0.3) is 11.8 Å². The van der Waals surface area contributed by atoms with Gasteiger partial charge in [0.2, 0.25) is 0 Å². The van der Waals surface area contributed by atoms with Crippen molar-refractivity contribution < 1.29 is 23.8 Å². The first-order valence-electron chi connectivity index (χ1n) is 10.7. The number of benzene rings is 3. The second-order valence-electron chi connectivity index (χ2n) is 7.91. The number of rotatable bonds is 7. The van der Waals surface area contributed by atoms with Crippen molar-refractivity contribution >= 4 is 28.8 Å². The zero-order chi connectivity index (χ0) is 24.4. The number of hydrogen-bond donors (Lipinski definition) is 1. The molecule has 34 heavy (non-hydrogen) atoms. The van der Waals surface area contributed by atoms with Crippen molar-refractivity contribution in [1.29, 1.82) is 0 Å². The summed E-state index contributed by atoms with van der Waals surface area (Å²) in [6, 6.07) is 17.9. The fourth-order valence-electron chi connectivity index (χ4n) is 4.03. The van der Waals surface area contributed by atoms with Crippen molar-refractivity contribution in [1.82, 2.24) is 0 Å². The van der Waals surface area contributed by atoms with Gasteiger partial charge < -0.3 is 19.5 Å². The third-order valence-electron chi connectivity index (χ3n) is 5.70. The largest absolute Gasteiger partial charge is 0.497 e. The molecular formula is C27H26N2O5. The van der Waals surface area contributed by atoms with E-state index in [0.29, 0.717) is 39.8 Å². The van der Waals surface area contributed by atoms with Crippen molar-refractivity contribution in [2.45, 2.75) is 13.8 Å². The fraction of sp³-hybridized carbons (Fsp3) is 0.185. The first kappa shape index (κ1) is 22.9. The van der Waals surface area contributed by atoms with Crippen molar-refractivity contribution in [3.63, 3.8) is 0 Å². The fourth-order valence-corrected chi connectivity index (χ4v) is 4.03. The van der Waals surface area contributed by atoms with Crippen LogP contribution in [-0.2, 0) is 9.59 Å². The van der Waals surface area contributed by atoms with Crippen LogP contribution in [0.5, 0.6) is 17.2 Å². The summed E-state index contributed by atoms with van der Waals surface area (Å²) >= 11 is 0. The standard InChI is InChI=1S/C27H26N2O5/c1-16-9-11-21(17(2)13-16)24-25(28-18-10-12-22(33-4)23(14-18)34-5)27(31)29(26(24)30)19-7-6-8-20(15-19)32-3/h6-15,28H,1-5H3. The molecule has 1 heterocycles. The van der Waals surface area contributed by atoms with Gasteiger partial charge in [-0.15, -0.1) is 0 Å². The van der Waals surface area contributed by atoms with Crippen LogP contribution < -0.4 is 24.4 Å². The van der Waals surface area contributed by atoms with E-state index in [1.54, 1.807) is 49.6 Å². The van der Waals surface area contributed by atoms with Gasteiger partial charge in [-0.3, -0.25) is 9.59 Å². The summed E-state index contributed by atoms with van der Waals surface area (Å²) in [5.41, 5.74) is 4.17. The Morgan fingerprint density at radius 3 is 2.21 bits per heavy atom. The molecule has 3 aromatic carbocycles. The molecule has 7 heteroatoms. The van der Waals surface area contributed by atoms with Crippen molar-refractivity contribution in [3.8, 4) is 17.2 Å². The maximum absolute atomic E-state index is 13.7. The highest BCUT2D eigenvalue weighted by atomic mass is 16.5. The van der Waals surface area contributed by atoms with Gasteiger partial charge in [0.1, 0.15) is 11.4 Å². The molecule has 0 bridgehead atoms. The Labute approximate surface area is 198 Å². The van der Waals surface area contributed by atoms with Crippen LogP contribution in [0.1, 0.15) is 16.7 Å². The lowest BCUT2D eigenvalue weighted by Crippen LogP contribution is -2.32. The van der Waals surface area contributed by atoms with Gasteiger partial charge in [-0.05, 0) is 49.2 Å². The van der Waals surface area contributed by atoms with Crippen LogP contribution in [0.15, 0.2) is 66.4 Å². The van der Waals surface area contributed by atoms with Crippen LogP contribution in [0.25, 0.3) is 5.57 Å². The number of nitrogens with one attached hydrogen (secondary N) is 1. The molecule has 1 N–H and O–H groups in total. The Morgan fingerprint density at radius 1 is 0.765 bits per heavy atom. The second-order valence-corrected chi connectivity index (χ2v) is 7.91. The van der Waals surface area contributed by atoms with Gasteiger partial charge in [-0.2, -0.15) is 0 Å².